The van der Waals surface area contributed by atoms with Crippen molar-refractivity contribution >= 4 is 22.4 Å². The molecule has 1 aromatic heterocycles. The van der Waals surface area contributed by atoms with Crippen LogP contribution in [0.4, 0.5) is 0 Å². The molecule has 1 N–H and O–H groups in total. The van der Waals surface area contributed by atoms with E-state index in [0.717, 1.165) is 33.6 Å². The molecule has 0 unspecified atom stereocenters. The van der Waals surface area contributed by atoms with Gasteiger partial charge in [-0.25, -0.2) is 5.43 Å². The second kappa shape index (κ2) is 8.33. The van der Waals surface area contributed by atoms with Crippen LogP contribution >= 0.6 is 0 Å². The van der Waals surface area contributed by atoms with Crippen LogP contribution in [0.5, 0.6) is 0 Å². The molecule has 4 aromatic rings. The molecule has 0 aliphatic heterocycles. The van der Waals surface area contributed by atoms with Crippen LogP contribution in [0.25, 0.3) is 10.8 Å². The van der Waals surface area contributed by atoms with Crippen LogP contribution in [0, 0.1) is 13.8 Å². The fourth-order valence-corrected chi connectivity index (χ4v) is 3.45. The van der Waals surface area contributed by atoms with Crippen molar-refractivity contribution < 1.29 is 4.79 Å². The average Bonchev–Trinajstić information content (AvgIpc) is 3.08. The Morgan fingerprint density at radius 2 is 1.63 bits per heavy atom. The van der Waals surface area contributed by atoms with Gasteiger partial charge in [0, 0.05) is 11.3 Å². The molecule has 3 aromatic carbocycles. The van der Waals surface area contributed by atoms with E-state index in [1.54, 1.807) is 0 Å². The van der Waals surface area contributed by atoms with Gasteiger partial charge in [0.2, 0.25) is 0 Å². The van der Waals surface area contributed by atoms with E-state index in [0.29, 0.717) is 12.1 Å². The van der Waals surface area contributed by atoms with Gasteiger partial charge in [-0.15, -0.1) is 0 Å². The molecule has 0 fully saturated rings. The van der Waals surface area contributed by atoms with Gasteiger partial charge in [0.25, 0.3) is 5.91 Å². The van der Waals surface area contributed by atoms with Crippen LogP contribution < -0.4 is 5.43 Å². The summed E-state index contributed by atoms with van der Waals surface area (Å²) in [6.07, 6.45) is 0. The molecule has 0 saturated carbocycles. The quantitative estimate of drug-likeness (QED) is 0.387. The Labute approximate surface area is 176 Å². The van der Waals surface area contributed by atoms with E-state index in [1.807, 2.05) is 67.9 Å². The van der Waals surface area contributed by atoms with Crippen LogP contribution in [0.15, 0.2) is 77.9 Å². The fourth-order valence-electron chi connectivity index (χ4n) is 3.45. The van der Waals surface area contributed by atoms with Crippen molar-refractivity contribution in [1.82, 2.24) is 15.2 Å². The lowest BCUT2D eigenvalue weighted by Crippen LogP contribution is -2.19. The van der Waals surface area contributed by atoms with E-state index in [9.17, 15) is 4.79 Å². The minimum absolute atomic E-state index is 0.229. The standard InChI is InChI=1S/C25H24N4O/c1-17-14-18(2)29(28-17)16-20-8-10-22(11-9-20)25(30)27-26-19(3)23-13-12-21-6-4-5-7-24(21)15-23/h4-15H,16H2,1-3H3,(H,27,30)/b26-19+. The SMILES string of the molecule is C/C(=N\NC(=O)c1ccc(Cn2nc(C)cc2C)cc1)c1ccc2ccccc2c1. The molecular weight excluding hydrogens is 372 g/mol. The van der Waals surface area contributed by atoms with Crippen molar-refractivity contribution in [1.29, 1.82) is 0 Å². The molecule has 4 rings (SSSR count). The van der Waals surface area contributed by atoms with E-state index in [1.165, 1.54) is 5.39 Å². The number of benzene rings is 3. The van der Waals surface area contributed by atoms with E-state index >= 15 is 0 Å². The van der Waals surface area contributed by atoms with Gasteiger partial charge in [-0.3, -0.25) is 9.48 Å². The highest BCUT2D eigenvalue weighted by molar-refractivity contribution is 6.03. The Hall–Kier alpha value is -3.73. The third kappa shape index (κ3) is 4.30. The third-order valence-electron chi connectivity index (χ3n) is 5.14. The lowest BCUT2D eigenvalue weighted by atomic mass is 10.0. The summed E-state index contributed by atoms with van der Waals surface area (Å²) in [7, 11) is 0. The van der Waals surface area contributed by atoms with Crippen molar-refractivity contribution in [3.8, 4) is 0 Å². The van der Waals surface area contributed by atoms with Gasteiger partial charge in [-0.05, 0) is 66.9 Å². The molecule has 0 atom stereocenters. The molecule has 0 spiro atoms. The highest BCUT2D eigenvalue weighted by Crippen LogP contribution is 2.16. The lowest BCUT2D eigenvalue weighted by Gasteiger charge is -2.07. The van der Waals surface area contributed by atoms with Gasteiger partial charge in [-0.1, -0.05) is 48.5 Å². The number of hydrogen-bond acceptors (Lipinski definition) is 3. The molecule has 0 aliphatic rings. The number of hydrazone groups is 1. The molecule has 0 radical (unpaired) electrons. The largest absolute Gasteiger partial charge is 0.271 e. The Morgan fingerprint density at radius 1 is 0.933 bits per heavy atom. The summed E-state index contributed by atoms with van der Waals surface area (Å²) >= 11 is 0. The second-order valence-corrected chi connectivity index (χ2v) is 7.48. The average molecular weight is 396 g/mol. The predicted molar refractivity (Wildman–Crippen MR) is 121 cm³/mol. The maximum absolute atomic E-state index is 12.5. The highest BCUT2D eigenvalue weighted by atomic mass is 16.2. The summed E-state index contributed by atoms with van der Waals surface area (Å²) in [5.41, 5.74) is 8.18. The Balaban J connectivity index is 1.43. The number of carbonyl (C=O) groups is 1. The molecule has 1 heterocycles. The Bertz CT molecular complexity index is 1240. The summed E-state index contributed by atoms with van der Waals surface area (Å²) in [5.74, 6) is -0.229. The number of fused-ring (bicyclic) bond motifs is 1. The number of nitrogens with zero attached hydrogens (tertiary/aromatic N) is 3. The van der Waals surface area contributed by atoms with Crippen LogP contribution in [0.1, 0.15) is 39.8 Å². The zero-order chi connectivity index (χ0) is 21.1. The first-order chi connectivity index (χ1) is 14.5. The molecule has 1 amide bonds. The van der Waals surface area contributed by atoms with Gasteiger partial charge in [0.05, 0.1) is 18.0 Å². The number of aromatic nitrogens is 2. The first-order valence-corrected chi connectivity index (χ1v) is 9.93. The molecule has 5 nitrogen and oxygen atoms in total. The van der Waals surface area contributed by atoms with Crippen LogP contribution in [-0.4, -0.2) is 21.4 Å². The zero-order valence-electron chi connectivity index (χ0n) is 17.4. The van der Waals surface area contributed by atoms with E-state index in [4.69, 9.17) is 0 Å². The Kier molecular flexibility index (Phi) is 5.44. The summed E-state index contributed by atoms with van der Waals surface area (Å²) in [4.78, 5) is 12.5. The molecular formula is C25H24N4O. The monoisotopic (exact) mass is 396 g/mol. The molecule has 0 aliphatic carbocycles. The van der Waals surface area contributed by atoms with Gasteiger partial charge in [-0.2, -0.15) is 10.2 Å². The number of hydrogen-bond donors (Lipinski definition) is 1. The zero-order valence-corrected chi connectivity index (χ0v) is 17.4. The fraction of sp³-hybridized carbons (Fsp3) is 0.160. The maximum Gasteiger partial charge on any atom is 0.271 e. The minimum Gasteiger partial charge on any atom is -0.267 e. The summed E-state index contributed by atoms with van der Waals surface area (Å²) in [5, 5.41) is 11.1. The van der Waals surface area contributed by atoms with Crippen molar-refractivity contribution in [2.45, 2.75) is 27.3 Å². The molecule has 30 heavy (non-hydrogen) atoms. The van der Waals surface area contributed by atoms with Crippen molar-refractivity contribution in [2.75, 3.05) is 0 Å². The number of amides is 1. The van der Waals surface area contributed by atoms with Crippen molar-refractivity contribution in [2.24, 2.45) is 5.10 Å². The number of carbonyl (C=O) groups excluding carboxylic acids is 1. The van der Waals surface area contributed by atoms with Gasteiger partial charge in [0.1, 0.15) is 0 Å². The number of aryl methyl sites for hydroxylation is 2. The lowest BCUT2D eigenvalue weighted by molar-refractivity contribution is 0.0955. The van der Waals surface area contributed by atoms with E-state index in [-0.39, 0.29) is 5.91 Å². The van der Waals surface area contributed by atoms with Crippen LogP contribution in [-0.2, 0) is 6.54 Å². The maximum atomic E-state index is 12.5. The summed E-state index contributed by atoms with van der Waals surface area (Å²) < 4.78 is 1.96. The number of nitrogens with one attached hydrogen (secondary N) is 1. The van der Waals surface area contributed by atoms with Crippen molar-refractivity contribution in [3.05, 3.63) is 101 Å². The molecule has 0 bridgehead atoms. The molecule has 5 heteroatoms. The number of rotatable bonds is 5. The first-order valence-electron chi connectivity index (χ1n) is 9.93. The second-order valence-electron chi connectivity index (χ2n) is 7.48. The Morgan fingerprint density at radius 3 is 2.33 bits per heavy atom. The summed E-state index contributed by atoms with van der Waals surface area (Å²) in [6, 6.07) is 23.9. The van der Waals surface area contributed by atoms with Gasteiger partial charge >= 0.3 is 0 Å². The van der Waals surface area contributed by atoms with E-state index < -0.39 is 0 Å². The van der Waals surface area contributed by atoms with Gasteiger partial charge in [0.15, 0.2) is 0 Å². The summed E-state index contributed by atoms with van der Waals surface area (Å²) in [6.45, 7) is 6.59. The third-order valence-corrected chi connectivity index (χ3v) is 5.14. The van der Waals surface area contributed by atoms with Crippen molar-refractivity contribution in [3.63, 3.8) is 0 Å². The minimum atomic E-state index is -0.229. The molecule has 0 saturated heterocycles. The van der Waals surface area contributed by atoms with Gasteiger partial charge < -0.3 is 0 Å². The molecule has 150 valence electrons. The normalized spacial score (nSPS) is 11.6. The predicted octanol–water partition coefficient (Wildman–Crippen LogP) is 4.86. The smallest absolute Gasteiger partial charge is 0.267 e. The van der Waals surface area contributed by atoms with E-state index in [2.05, 4.69) is 46.0 Å². The highest BCUT2D eigenvalue weighted by Gasteiger charge is 2.07. The van der Waals surface area contributed by atoms with Crippen LogP contribution in [0.2, 0.25) is 0 Å². The first kappa shape index (κ1) is 19.6. The van der Waals surface area contributed by atoms with Crippen LogP contribution in [0.3, 0.4) is 0 Å². The topological polar surface area (TPSA) is 59.3 Å².